The zero-order chi connectivity index (χ0) is 51.7. The number of hydrogen-bond donors (Lipinski definition) is 2. The van der Waals surface area contributed by atoms with E-state index in [-0.39, 0.29) is 38.6 Å². The summed E-state index contributed by atoms with van der Waals surface area (Å²) in [5.74, 6) is -0.831. The Morgan fingerprint density at radius 2 is 0.775 bits per heavy atom. The Kier molecular flexibility index (Phi) is 54.7. The summed E-state index contributed by atoms with van der Waals surface area (Å²) in [7, 11) is -4.39. The molecule has 0 rings (SSSR count). The van der Waals surface area contributed by atoms with Gasteiger partial charge in [0.2, 0.25) is 0 Å². The fourth-order valence-corrected chi connectivity index (χ4v) is 9.01. The van der Waals surface area contributed by atoms with E-state index in [1.165, 1.54) is 161 Å². The van der Waals surface area contributed by atoms with Crippen molar-refractivity contribution in [2.24, 2.45) is 5.73 Å². The number of hydrogen-bond acceptors (Lipinski definition) is 8. The number of allylic oxidation sites excluding steroid dienone is 12. The highest BCUT2D eigenvalue weighted by molar-refractivity contribution is 7.47. The highest BCUT2D eigenvalue weighted by atomic mass is 31.2. The van der Waals surface area contributed by atoms with Crippen molar-refractivity contribution in [2.45, 2.75) is 277 Å². The normalized spacial score (nSPS) is 13.6. The van der Waals surface area contributed by atoms with E-state index >= 15 is 0 Å². The van der Waals surface area contributed by atoms with Gasteiger partial charge in [0, 0.05) is 19.4 Å². The molecule has 2 atom stereocenters. The van der Waals surface area contributed by atoms with E-state index in [9.17, 15) is 19.0 Å². The SMILES string of the molecule is CC/C=C\C/C=C\C/C=C\C/C=C\CCCCCCCCCCC(=O)OC(COC(=O)CCCCCCCCCCCCCCCCCCC/C=C\C/C=C\CCCCCCC)COP(=O)(O)OCCN. The molecule has 0 aromatic heterocycles. The first-order valence-corrected chi connectivity index (χ1v) is 30.9. The molecule has 0 radical (unpaired) electrons. The van der Waals surface area contributed by atoms with Gasteiger partial charge in [0.15, 0.2) is 6.10 Å². The molecule has 0 aromatic rings. The third kappa shape index (κ3) is 56.6. The smallest absolute Gasteiger partial charge is 0.462 e. The average molecular weight is 1020 g/mol. The predicted molar refractivity (Wildman–Crippen MR) is 302 cm³/mol. The van der Waals surface area contributed by atoms with Crippen LogP contribution in [0.4, 0.5) is 0 Å². The molecule has 0 saturated carbocycles. The lowest BCUT2D eigenvalue weighted by Crippen LogP contribution is -2.29. The maximum absolute atomic E-state index is 12.7. The number of rotatable bonds is 55. The fraction of sp³-hybridized carbons (Fsp3) is 0.770. The van der Waals surface area contributed by atoms with E-state index in [0.29, 0.717) is 6.42 Å². The predicted octanol–water partition coefficient (Wildman–Crippen LogP) is 18.5. The molecule has 0 heterocycles. The minimum atomic E-state index is -4.39. The van der Waals surface area contributed by atoms with Crippen LogP contribution in [0.25, 0.3) is 0 Å². The van der Waals surface area contributed by atoms with E-state index in [4.69, 9.17) is 24.3 Å². The molecule has 10 heteroatoms. The second kappa shape index (κ2) is 56.7. The molecule has 0 aliphatic carbocycles. The number of phosphoric acid groups is 1. The highest BCUT2D eigenvalue weighted by Crippen LogP contribution is 2.43. The average Bonchev–Trinajstić information content (AvgIpc) is 3.36. The van der Waals surface area contributed by atoms with E-state index < -0.39 is 26.5 Å². The first-order chi connectivity index (χ1) is 34.8. The molecule has 0 fully saturated rings. The van der Waals surface area contributed by atoms with Gasteiger partial charge in [-0.25, -0.2) is 4.57 Å². The Hall–Kier alpha value is -2.55. The van der Waals surface area contributed by atoms with Crippen LogP contribution in [0, 0.1) is 0 Å². The zero-order valence-corrected chi connectivity index (χ0v) is 46.8. The Balaban J connectivity index is 3.94. The maximum Gasteiger partial charge on any atom is 0.472 e. The number of unbranched alkanes of at least 4 members (excludes halogenated alkanes) is 30. The minimum Gasteiger partial charge on any atom is -0.462 e. The van der Waals surface area contributed by atoms with Gasteiger partial charge < -0.3 is 20.1 Å². The summed E-state index contributed by atoms with van der Waals surface area (Å²) in [4.78, 5) is 35.2. The summed E-state index contributed by atoms with van der Waals surface area (Å²) in [6, 6.07) is 0. The van der Waals surface area contributed by atoms with Crippen molar-refractivity contribution in [1.82, 2.24) is 0 Å². The van der Waals surface area contributed by atoms with Gasteiger partial charge in [0.1, 0.15) is 6.61 Å². The van der Waals surface area contributed by atoms with E-state index in [0.717, 1.165) is 77.0 Å². The van der Waals surface area contributed by atoms with Crippen LogP contribution in [-0.4, -0.2) is 49.3 Å². The van der Waals surface area contributed by atoms with Gasteiger partial charge >= 0.3 is 19.8 Å². The molecular weight excluding hydrogens is 906 g/mol. The van der Waals surface area contributed by atoms with Gasteiger partial charge in [0.25, 0.3) is 0 Å². The number of carbonyl (C=O) groups is 2. The molecule has 0 saturated heterocycles. The summed E-state index contributed by atoms with van der Waals surface area (Å²) >= 11 is 0. The molecule has 2 unspecified atom stereocenters. The molecule has 71 heavy (non-hydrogen) atoms. The second-order valence-corrected chi connectivity index (χ2v) is 20.9. The van der Waals surface area contributed by atoms with Crippen LogP contribution in [0.1, 0.15) is 271 Å². The molecule has 0 bridgehead atoms. The summed E-state index contributed by atoms with van der Waals surface area (Å²) in [5, 5.41) is 0. The van der Waals surface area contributed by atoms with Crippen molar-refractivity contribution < 1.29 is 37.6 Å². The van der Waals surface area contributed by atoms with Crippen molar-refractivity contribution in [2.75, 3.05) is 26.4 Å². The van der Waals surface area contributed by atoms with Crippen LogP contribution in [0.15, 0.2) is 72.9 Å². The van der Waals surface area contributed by atoms with E-state index in [1.807, 2.05) is 0 Å². The number of phosphoric ester groups is 1. The first kappa shape index (κ1) is 68.5. The zero-order valence-electron chi connectivity index (χ0n) is 45.9. The molecule has 0 aliphatic rings. The van der Waals surface area contributed by atoms with Crippen molar-refractivity contribution in [3.63, 3.8) is 0 Å². The van der Waals surface area contributed by atoms with Crippen LogP contribution in [0.5, 0.6) is 0 Å². The fourth-order valence-electron chi connectivity index (χ4n) is 8.25. The van der Waals surface area contributed by atoms with Crippen LogP contribution >= 0.6 is 7.82 Å². The topological polar surface area (TPSA) is 134 Å². The lowest BCUT2D eigenvalue weighted by molar-refractivity contribution is -0.161. The molecule has 0 aliphatic heterocycles. The number of nitrogens with two attached hydrogens (primary N) is 1. The molecule has 0 amide bonds. The Morgan fingerprint density at radius 1 is 0.437 bits per heavy atom. The molecule has 0 aromatic carbocycles. The third-order valence-electron chi connectivity index (χ3n) is 12.6. The molecule has 9 nitrogen and oxygen atoms in total. The van der Waals surface area contributed by atoms with Crippen molar-refractivity contribution in [3.8, 4) is 0 Å². The Morgan fingerprint density at radius 3 is 1.15 bits per heavy atom. The molecule has 412 valence electrons. The van der Waals surface area contributed by atoms with Crippen LogP contribution in [0.2, 0.25) is 0 Å². The molecular formula is C61H110NO8P. The van der Waals surface area contributed by atoms with Gasteiger partial charge in [-0.05, 0) is 83.5 Å². The summed E-state index contributed by atoms with van der Waals surface area (Å²) in [6.07, 6.45) is 72.4. The monoisotopic (exact) mass is 1020 g/mol. The number of esters is 2. The van der Waals surface area contributed by atoms with Gasteiger partial charge in [0.05, 0.1) is 13.2 Å². The van der Waals surface area contributed by atoms with Gasteiger partial charge in [-0.1, -0.05) is 247 Å². The van der Waals surface area contributed by atoms with Crippen molar-refractivity contribution in [3.05, 3.63) is 72.9 Å². The molecule has 0 spiro atoms. The first-order valence-electron chi connectivity index (χ1n) is 29.4. The van der Waals surface area contributed by atoms with E-state index in [1.54, 1.807) is 0 Å². The van der Waals surface area contributed by atoms with Gasteiger partial charge in [-0.2, -0.15) is 0 Å². The van der Waals surface area contributed by atoms with E-state index in [2.05, 4.69) is 86.8 Å². The standard InChI is InChI=1S/C61H110NO8P/c1-3-5-7-9-11-13-15-17-19-21-23-25-26-27-28-29-30-31-32-34-35-37-39-41-43-45-47-49-51-53-60(63)67-57-59(58-69-71(65,66)68-56-55-62)70-61(64)54-52-50-48-46-44-42-40-38-36-33-24-22-20-18-16-14-12-10-8-6-4-2/h6,8,12,14-15,17-18,20-21,23-24,33,59H,3-5,7,9-11,13,16,19,22,25-32,34-58,62H2,1-2H3,(H,65,66)/b8-6-,14-12-,17-15-,20-18-,23-21-,33-24-. The van der Waals surface area contributed by atoms with Crippen LogP contribution in [-0.2, 0) is 32.7 Å². The Labute approximate surface area is 437 Å². The van der Waals surface area contributed by atoms with Crippen molar-refractivity contribution in [1.29, 1.82) is 0 Å². The molecule has 3 N–H and O–H groups in total. The quantitative estimate of drug-likeness (QED) is 0.0264. The number of ether oxygens (including phenoxy) is 2. The Bertz CT molecular complexity index is 1390. The third-order valence-corrected chi connectivity index (χ3v) is 13.6. The largest absolute Gasteiger partial charge is 0.472 e. The maximum atomic E-state index is 12.7. The summed E-state index contributed by atoms with van der Waals surface area (Å²) in [6.45, 7) is 3.64. The van der Waals surface area contributed by atoms with Crippen molar-refractivity contribution >= 4 is 19.8 Å². The highest BCUT2D eigenvalue weighted by Gasteiger charge is 2.26. The minimum absolute atomic E-state index is 0.0499. The van der Waals surface area contributed by atoms with Crippen LogP contribution in [0.3, 0.4) is 0 Å². The lowest BCUT2D eigenvalue weighted by Gasteiger charge is -2.19. The second-order valence-electron chi connectivity index (χ2n) is 19.5. The summed E-state index contributed by atoms with van der Waals surface area (Å²) in [5.41, 5.74) is 5.38. The number of carbonyl (C=O) groups excluding carboxylic acids is 2. The van der Waals surface area contributed by atoms with Gasteiger partial charge in [-0.3, -0.25) is 18.6 Å². The lowest BCUT2D eigenvalue weighted by atomic mass is 10.0. The van der Waals surface area contributed by atoms with Crippen LogP contribution < -0.4 is 5.73 Å². The van der Waals surface area contributed by atoms with Gasteiger partial charge in [-0.15, -0.1) is 0 Å². The summed E-state index contributed by atoms with van der Waals surface area (Å²) < 4.78 is 33.0.